The van der Waals surface area contributed by atoms with Crippen LogP contribution in [0.4, 0.5) is 4.39 Å². The molecule has 2 rings (SSSR count). The average molecular weight is 303 g/mol. The third-order valence-corrected chi connectivity index (χ3v) is 3.23. The third-order valence-electron chi connectivity index (χ3n) is 3.23. The summed E-state index contributed by atoms with van der Waals surface area (Å²) in [5.74, 6) is -0.168. The standard InChI is InChI=1S/C14H19FN2O2.ClH/c1-16-6-5-14(18)17-7-8-19-13(10-17)11-3-2-4-12(15)9-11;/h2-4,9,13,16H,5-8,10H2,1H3;1H. The summed E-state index contributed by atoms with van der Waals surface area (Å²) in [6.45, 7) is 2.26. The van der Waals surface area contributed by atoms with E-state index in [0.29, 0.717) is 32.7 Å². The fourth-order valence-corrected chi connectivity index (χ4v) is 2.17. The first kappa shape index (κ1) is 16.9. The van der Waals surface area contributed by atoms with Crippen molar-refractivity contribution in [2.24, 2.45) is 0 Å². The number of carbonyl (C=O) groups is 1. The number of halogens is 2. The van der Waals surface area contributed by atoms with Crippen LogP contribution in [0.25, 0.3) is 0 Å². The minimum Gasteiger partial charge on any atom is -0.370 e. The van der Waals surface area contributed by atoms with E-state index in [9.17, 15) is 9.18 Å². The van der Waals surface area contributed by atoms with Crippen molar-refractivity contribution in [3.05, 3.63) is 35.6 Å². The highest BCUT2D eigenvalue weighted by Crippen LogP contribution is 2.23. The van der Waals surface area contributed by atoms with Crippen molar-refractivity contribution in [3.8, 4) is 0 Å². The lowest BCUT2D eigenvalue weighted by Gasteiger charge is -2.33. The largest absolute Gasteiger partial charge is 0.370 e. The van der Waals surface area contributed by atoms with Gasteiger partial charge in [-0.15, -0.1) is 12.4 Å². The van der Waals surface area contributed by atoms with Gasteiger partial charge in [-0.2, -0.15) is 0 Å². The molecule has 0 spiro atoms. The van der Waals surface area contributed by atoms with Gasteiger partial charge in [0.05, 0.1) is 13.2 Å². The van der Waals surface area contributed by atoms with E-state index < -0.39 is 0 Å². The monoisotopic (exact) mass is 302 g/mol. The summed E-state index contributed by atoms with van der Waals surface area (Å²) >= 11 is 0. The van der Waals surface area contributed by atoms with Gasteiger partial charge in [-0.3, -0.25) is 4.79 Å². The first-order valence-corrected chi connectivity index (χ1v) is 6.50. The Labute approximate surface area is 124 Å². The van der Waals surface area contributed by atoms with Gasteiger partial charge in [-0.25, -0.2) is 4.39 Å². The molecule has 0 saturated carbocycles. The number of benzene rings is 1. The maximum atomic E-state index is 13.2. The summed E-state index contributed by atoms with van der Waals surface area (Å²) in [4.78, 5) is 13.7. The Balaban J connectivity index is 0.00000200. The van der Waals surface area contributed by atoms with Crippen LogP contribution < -0.4 is 5.32 Å². The molecule has 0 bridgehead atoms. The summed E-state index contributed by atoms with van der Waals surface area (Å²) in [5, 5.41) is 2.96. The molecular formula is C14H20ClFN2O2. The average Bonchev–Trinajstić information content (AvgIpc) is 2.45. The fraction of sp³-hybridized carbons (Fsp3) is 0.500. The second-order valence-corrected chi connectivity index (χ2v) is 4.61. The predicted molar refractivity (Wildman–Crippen MR) is 77.5 cm³/mol. The molecular weight excluding hydrogens is 283 g/mol. The Kier molecular flexibility index (Phi) is 6.91. The van der Waals surface area contributed by atoms with Crippen molar-refractivity contribution in [2.75, 3.05) is 33.3 Å². The van der Waals surface area contributed by atoms with E-state index in [2.05, 4.69) is 5.32 Å². The van der Waals surface area contributed by atoms with E-state index in [1.807, 2.05) is 13.1 Å². The second-order valence-electron chi connectivity index (χ2n) is 4.61. The number of rotatable bonds is 4. The molecule has 0 aromatic heterocycles. The molecule has 1 saturated heterocycles. The molecule has 1 amide bonds. The van der Waals surface area contributed by atoms with Crippen molar-refractivity contribution in [1.82, 2.24) is 10.2 Å². The lowest BCUT2D eigenvalue weighted by Crippen LogP contribution is -2.42. The zero-order valence-corrected chi connectivity index (χ0v) is 12.3. The Hall–Kier alpha value is -1.17. The molecule has 1 aromatic carbocycles. The van der Waals surface area contributed by atoms with Crippen LogP contribution in [0, 0.1) is 5.82 Å². The van der Waals surface area contributed by atoms with Crippen LogP contribution in [0.5, 0.6) is 0 Å². The lowest BCUT2D eigenvalue weighted by atomic mass is 10.1. The molecule has 1 aromatic rings. The smallest absolute Gasteiger partial charge is 0.224 e. The minimum absolute atomic E-state index is 0. The van der Waals surface area contributed by atoms with Gasteiger partial charge in [0, 0.05) is 19.5 Å². The summed E-state index contributed by atoms with van der Waals surface area (Å²) in [5.41, 5.74) is 0.783. The van der Waals surface area contributed by atoms with Gasteiger partial charge in [-0.05, 0) is 24.7 Å². The Bertz CT molecular complexity index is 445. The number of ether oxygens (including phenoxy) is 1. The number of hydrogen-bond acceptors (Lipinski definition) is 3. The zero-order valence-electron chi connectivity index (χ0n) is 11.5. The molecule has 0 aliphatic carbocycles. The Morgan fingerprint density at radius 3 is 3.05 bits per heavy atom. The highest BCUT2D eigenvalue weighted by molar-refractivity contribution is 5.85. The molecule has 1 aliphatic heterocycles. The Morgan fingerprint density at radius 1 is 1.55 bits per heavy atom. The molecule has 1 fully saturated rings. The van der Waals surface area contributed by atoms with Crippen molar-refractivity contribution < 1.29 is 13.9 Å². The van der Waals surface area contributed by atoms with Crippen molar-refractivity contribution in [2.45, 2.75) is 12.5 Å². The summed E-state index contributed by atoms with van der Waals surface area (Å²) in [7, 11) is 1.82. The number of nitrogens with one attached hydrogen (secondary N) is 1. The van der Waals surface area contributed by atoms with Crippen molar-refractivity contribution in [1.29, 1.82) is 0 Å². The van der Waals surface area contributed by atoms with Gasteiger partial charge in [0.2, 0.25) is 5.91 Å². The van der Waals surface area contributed by atoms with E-state index in [-0.39, 0.29) is 30.2 Å². The quantitative estimate of drug-likeness (QED) is 0.921. The lowest BCUT2D eigenvalue weighted by molar-refractivity contribution is -0.138. The fourth-order valence-electron chi connectivity index (χ4n) is 2.17. The zero-order chi connectivity index (χ0) is 13.7. The van der Waals surface area contributed by atoms with E-state index in [1.165, 1.54) is 12.1 Å². The Morgan fingerprint density at radius 2 is 2.35 bits per heavy atom. The number of nitrogens with zero attached hydrogens (tertiary/aromatic N) is 1. The molecule has 1 unspecified atom stereocenters. The predicted octanol–water partition coefficient (Wildman–Crippen LogP) is 1.76. The minimum atomic E-state index is -0.278. The maximum Gasteiger partial charge on any atom is 0.224 e. The van der Waals surface area contributed by atoms with Gasteiger partial charge < -0.3 is 15.0 Å². The third kappa shape index (κ3) is 4.44. The number of hydrogen-bond donors (Lipinski definition) is 1. The second kappa shape index (κ2) is 8.19. The van der Waals surface area contributed by atoms with E-state index >= 15 is 0 Å². The maximum absolute atomic E-state index is 13.2. The SMILES string of the molecule is CNCCC(=O)N1CCOC(c2cccc(F)c2)C1.Cl. The van der Waals surface area contributed by atoms with Gasteiger partial charge in [-0.1, -0.05) is 12.1 Å². The molecule has 1 N–H and O–H groups in total. The number of carbonyl (C=O) groups excluding carboxylic acids is 1. The van der Waals surface area contributed by atoms with Gasteiger partial charge in [0.15, 0.2) is 0 Å². The van der Waals surface area contributed by atoms with Crippen molar-refractivity contribution in [3.63, 3.8) is 0 Å². The molecule has 4 nitrogen and oxygen atoms in total. The highest BCUT2D eigenvalue weighted by Gasteiger charge is 2.25. The topological polar surface area (TPSA) is 41.6 Å². The van der Waals surface area contributed by atoms with Crippen LogP contribution in [-0.4, -0.2) is 44.1 Å². The van der Waals surface area contributed by atoms with Crippen LogP contribution in [0.3, 0.4) is 0 Å². The van der Waals surface area contributed by atoms with E-state index in [0.717, 1.165) is 5.56 Å². The number of morpholine rings is 1. The van der Waals surface area contributed by atoms with Crippen LogP contribution in [0.15, 0.2) is 24.3 Å². The molecule has 1 heterocycles. The van der Waals surface area contributed by atoms with E-state index in [4.69, 9.17) is 4.74 Å². The summed E-state index contributed by atoms with van der Waals surface area (Å²) < 4.78 is 18.8. The normalized spacial score (nSPS) is 18.5. The molecule has 6 heteroatoms. The van der Waals surface area contributed by atoms with Crippen LogP contribution in [0.1, 0.15) is 18.1 Å². The molecule has 0 radical (unpaired) electrons. The van der Waals surface area contributed by atoms with E-state index in [1.54, 1.807) is 11.0 Å². The number of amides is 1. The van der Waals surface area contributed by atoms with Gasteiger partial charge in [0.1, 0.15) is 11.9 Å². The first-order chi connectivity index (χ1) is 9.20. The molecule has 1 aliphatic rings. The summed E-state index contributed by atoms with van der Waals surface area (Å²) in [6, 6.07) is 6.36. The highest BCUT2D eigenvalue weighted by atomic mass is 35.5. The van der Waals surface area contributed by atoms with Crippen molar-refractivity contribution >= 4 is 18.3 Å². The first-order valence-electron chi connectivity index (χ1n) is 6.50. The molecule has 1 atom stereocenters. The van der Waals surface area contributed by atoms with Crippen LogP contribution >= 0.6 is 12.4 Å². The molecule has 112 valence electrons. The van der Waals surface area contributed by atoms with Crippen LogP contribution in [0.2, 0.25) is 0 Å². The van der Waals surface area contributed by atoms with Crippen LogP contribution in [-0.2, 0) is 9.53 Å². The summed E-state index contributed by atoms with van der Waals surface area (Å²) in [6.07, 6.45) is 0.245. The molecule has 20 heavy (non-hydrogen) atoms. The van der Waals surface area contributed by atoms with Gasteiger partial charge >= 0.3 is 0 Å². The van der Waals surface area contributed by atoms with Gasteiger partial charge in [0.25, 0.3) is 0 Å².